The first-order chi connectivity index (χ1) is 10.2. The summed E-state index contributed by atoms with van der Waals surface area (Å²) < 4.78 is 50.3. The van der Waals surface area contributed by atoms with Crippen molar-refractivity contribution in [2.45, 2.75) is 18.8 Å². The zero-order valence-corrected chi connectivity index (χ0v) is 11.3. The van der Waals surface area contributed by atoms with Crippen molar-refractivity contribution in [2.24, 2.45) is 5.92 Å². The Balaban J connectivity index is 2.13. The molecule has 2 atom stereocenters. The molecule has 0 spiro atoms. The lowest BCUT2D eigenvalue weighted by atomic mass is 10.1. The Kier molecular flexibility index (Phi) is 4.39. The number of hydrogen-bond donors (Lipinski definition) is 1. The van der Waals surface area contributed by atoms with Crippen molar-refractivity contribution in [3.8, 4) is 0 Å². The van der Waals surface area contributed by atoms with Crippen LogP contribution in [0.1, 0.15) is 22.3 Å². The molecule has 0 aromatic heterocycles. The van der Waals surface area contributed by atoms with Gasteiger partial charge in [-0.3, -0.25) is 9.59 Å². The van der Waals surface area contributed by atoms with Crippen molar-refractivity contribution in [1.82, 2.24) is 4.90 Å². The third-order valence-corrected chi connectivity index (χ3v) is 3.36. The van der Waals surface area contributed by atoms with Crippen molar-refractivity contribution in [1.29, 1.82) is 0 Å². The number of carbonyl (C=O) groups excluding carboxylic acids is 1. The van der Waals surface area contributed by atoms with E-state index in [0.29, 0.717) is 0 Å². The lowest BCUT2D eigenvalue weighted by Crippen LogP contribution is -2.37. The highest BCUT2D eigenvalue weighted by Crippen LogP contribution is 2.34. The van der Waals surface area contributed by atoms with Crippen molar-refractivity contribution >= 4 is 11.9 Å². The average Bonchev–Trinajstić information content (AvgIpc) is 3.11. The van der Waals surface area contributed by atoms with Crippen LogP contribution in [0.25, 0.3) is 0 Å². The third kappa shape index (κ3) is 3.96. The number of aliphatic carboxylic acids is 1. The highest BCUT2D eigenvalue weighted by molar-refractivity contribution is 5.95. The van der Waals surface area contributed by atoms with Gasteiger partial charge < -0.3 is 10.0 Å². The van der Waals surface area contributed by atoms with Crippen LogP contribution in [0.4, 0.5) is 17.6 Å². The molecule has 22 heavy (non-hydrogen) atoms. The summed E-state index contributed by atoms with van der Waals surface area (Å²) in [5.74, 6) is -2.40. The number of halogens is 4. The van der Waals surface area contributed by atoms with Gasteiger partial charge in [0, 0.05) is 18.0 Å². The smallest absolute Gasteiger partial charge is 0.416 e. The number of carboxylic acid groups (broad SMARTS) is 1. The molecule has 0 aliphatic heterocycles. The van der Waals surface area contributed by atoms with E-state index in [-0.39, 0.29) is 18.5 Å². The molecular formula is C14H13F4NO3. The SMILES string of the molecule is O=C(O)CN(CC1CC1F)C(=O)c1ccc(C(F)(F)F)cc1. The van der Waals surface area contributed by atoms with E-state index in [1.165, 1.54) is 0 Å². The van der Waals surface area contributed by atoms with Crippen LogP contribution >= 0.6 is 0 Å². The van der Waals surface area contributed by atoms with Crippen LogP contribution in [0.5, 0.6) is 0 Å². The molecule has 1 amide bonds. The lowest BCUT2D eigenvalue weighted by molar-refractivity contribution is -0.138. The fourth-order valence-electron chi connectivity index (χ4n) is 2.05. The molecule has 1 saturated carbocycles. The number of carboxylic acids is 1. The minimum absolute atomic E-state index is 0.0622. The summed E-state index contributed by atoms with van der Waals surface area (Å²) in [6, 6.07) is 3.47. The summed E-state index contributed by atoms with van der Waals surface area (Å²) in [5.41, 5.74) is -0.967. The lowest BCUT2D eigenvalue weighted by Gasteiger charge is -2.20. The topological polar surface area (TPSA) is 57.6 Å². The summed E-state index contributed by atoms with van der Waals surface area (Å²) in [6.07, 6.45) is -5.31. The van der Waals surface area contributed by atoms with Crippen molar-refractivity contribution in [3.05, 3.63) is 35.4 Å². The Bertz CT molecular complexity index is 570. The molecule has 2 rings (SSSR count). The zero-order valence-electron chi connectivity index (χ0n) is 11.3. The van der Waals surface area contributed by atoms with Crippen LogP contribution in [-0.4, -0.2) is 41.1 Å². The molecule has 8 heteroatoms. The number of carbonyl (C=O) groups is 2. The van der Waals surface area contributed by atoms with Crippen molar-refractivity contribution in [2.75, 3.05) is 13.1 Å². The van der Waals surface area contributed by atoms with Crippen LogP contribution in [0, 0.1) is 5.92 Å². The number of rotatable bonds is 5. The van der Waals surface area contributed by atoms with Gasteiger partial charge in [-0.1, -0.05) is 0 Å². The molecule has 1 fully saturated rings. The second kappa shape index (κ2) is 5.94. The standard InChI is InChI=1S/C14H13F4NO3/c15-11-5-9(11)6-19(7-12(20)21)13(22)8-1-3-10(4-2-8)14(16,17)18/h1-4,9,11H,5-7H2,(H,20,21). The molecule has 1 N–H and O–H groups in total. The number of alkyl halides is 4. The van der Waals surface area contributed by atoms with Crippen LogP contribution < -0.4 is 0 Å². The number of hydrogen-bond acceptors (Lipinski definition) is 2. The quantitative estimate of drug-likeness (QED) is 0.849. The van der Waals surface area contributed by atoms with E-state index in [1.54, 1.807) is 0 Å². The Morgan fingerprint density at radius 3 is 2.18 bits per heavy atom. The summed E-state index contributed by atoms with van der Waals surface area (Å²) in [6.45, 7) is -0.684. The summed E-state index contributed by atoms with van der Waals surface area (Å²) in [7, 11) is 0. The molecular weight excluding hydrogens is 306 g/mol. The van der Waals surface area contributed by atoms with E-state index in [1.807, 2.05) is 0 Å². The van der Waals surface area contributed by atoms with Crippen molar-refractivity contribution in [3.63, 3.8) is 0 Å². The predicted octanol–water partition coefficient (Wildman–Crippen LogP) is 2.59. The largest absolute Gasteiger partial charge is 0.480 e. The van der Waals surface area contributed by atoms with Crippen LogP contribution in [0.2, 0.25) is 0 Å². The molecule has 0 saturated heterocycles. The van der Waals surface area contributed by atoms with Gasteiger partial charge in [-0.05, 0) is 30.7 Å². The number of nitrogens with zero attached hydrogens (tertiary/aromatic N) is 1. The number of benzene rings is 1. The van der Waals surface area contributed by atoms with Gasteiger partial charge in [0.2, 0.25) is 0 Å². The van der Waals surface area contributed by atoms with Gasteiger partial charge in [0.1, 0.15) is 12.7 Å². The second-order valence-electron chi connectivity index (χ2n) is 5.17. The fourth-order valence-corrected chi connectivity index (χ4v) is 2.05. The molecule has 1 aromatic carbocycles. The van der Waals surface area contributed by atoms with Crippen LogP contribution in [0.15, 0.2) is 24.3 Å². The molecule has 0 bridgehead atoms. The van der Waals surface area contributed by atoms with Crippen molar-refractivity contribution < 1.29 is 32.3 Å². The van der Waals surface area contributed by atoms with Gasteiger partial charge in [0.05, 0.1) is 5.56 Å². The summed E-state index contributed by atoms with van der Waals surface area (Å²) >= 11 is 0. The maximum absolute atomic E-state index is 12.9. The van der Waals surface area contributed by atoms with E-state index in [9.17, 15) is 27.2 Å². The molecule has 4 nitrogen and oxygen atoms in total. The first-order valence-corrected chi connectivity index (χ1v) is 6.51. The molecule has 1 aliphatic rings. The summed E-state index contributed by atoms with van der Waals surface area (Å²) in [5, 5.41) is 8.79. The minimum atomic E-state index is -4.52. The fraction of sp³-hybridized carbons (Fsp3) is 0.429. The first-order valence-electron chi connectivity index (χ1n) is 6.51. The molecule has 120 valence electrons. The van der Waals surface area contributed by atoms with E-state index in [0.717, 1.165) is 29.2 Å². The Morgan fingerprint density at radius 2 is 1.77 bits per heavy atom. The van der Waals surface area contributed by atoms with Gasteiger partial charge in [-0.15, -0.1) is 0 Å². The molecule has 1 aromatic rings. The monoisotopic (exact) mass is 319 g/mol. The van der Waals surface area contributed by atoms with Gasteiger partial charge in [0.15, 0.2) is 0 Å². The average molecular weight is 319 g/mol. The molecule has 0 radical (unpaired) electrons. The van der Waals surface area contributed by atoms with Gasteiger partial charge in [-0.25, -0.2) is 4.39 Å². The Hall–Kier alpha value is -2.12. The third-order valence-electron chi connectivity index (χ3n) is 3.36. The maximum atomic E-state index is 12.9. The highest BCUT2D eigenvalue weighted by atomic mass is 19.4. The van der Waals surface area contributed by atoms with Gasteiger partial charge in [-0.2, -0.15) is 13.2 Å². The normalized spacial score (nSPS) is 20.5. The van der Waals surface area contributed by atoms with Crippen LogP contribution in [-0.2, 0) is 11.0 Å². The zero-order chi connectivity index (χ0) is 16.5. The molecule has 0 heterocycles. The summed E-state index contributed by atoms with van der Waals surface area (Å²) in [4.78, 5) is 23.9. The van der Waals surface area contributed by atoms with E-state index in [2.05, 4.69) is 0 Å². The maximum Gasteiger partial charge on any atom is 0.416 e. The van der Waals surface area contributed by atoms with Gasteiger partial charge in [0.25, 0.3) is 5.91 Å². The first kappa shape index (κ1) is 16.3. The van der Waals surface area contributed by atoms with Crippen LogP contribution in [0.3, 0.4) is 0 Å². The molecule has 2 unspecified atom stereocenters. The minimum Gasteiger partial charge on any atom is -0.480 e. The second-order valence-corrected chi connectivity index (χ2v) is 5.17. The van der Waals surface area contributed by atoms with E-state index >= 15 is 0 Å². The Morgan fingerprint density at radius 1 is 1.23 bits per heavy atom. The highest BCUT2D eigenvalue weighted by Gasteiger charge is 2.40. The Labute approximate surface area is 123 Å². The molecule has 1 aliphatic carbocycles. The van der Waals surface area contributed by atoms with Gasteiger partial charge >= 0.3 is 12.1 Å². The van der Waals surface area contributed by atoms with E-state index in [4.69, 9.17) is 5.11 Å². The van der Waals surface area contributed by atoms with E-state index < -0.39 is 42.3 Å². The predicted molar refractivity (Wildman–Crippen MR) is 68.0 cm³/mol. The number of amides is 1.